The Hall–Kier alpha value is -0.880. The number of ether oxygens (including phenoxy) is 1. The van der Waals surface area contributed by atoms with Gasteiger partial charge in [-0.05, 0) is 6.92 Å². The minimum absolute atomic E-state index is 0.155. The lowest BCUT2D eigenvalue weighted by molar-refractivity contribution is -0.137. The number of hydrogen-bond acceptors (Lipinski definition) is 5. The highest BCUT2D eigenvalue weighted by molar-refractivity contribution is 7.85. The standard InChI is InChI=1S/C7H12O5S/c1-3-11-7(8)5-4-6-12-13(2,9)10/h4-5H,3,6H2,1-2H3. The summed E-state index contributed by atoms with van der Waals surface area (Å²) in [5.74, 6) is -0.514. The second kappa shape index (κ2) is 5.71. The van der Waals surface area contributed by atoms with Gasteiger partial charge in [0.2, 0.25) is 0 Å². The molecule has 6 heteroatoms. The Morgan fingerprint density at radius 3 is 2.54 bits per heavy atom. The van der Waals surface area contributed by atoms with Crippen LogP contribution in [-0.2, 0) is 23.8 Å². The van der Waals surface area contributed by atoms with E-state index in [0.29, 0.717) is 0 Å². The van der Waals surface area contributed by atoms with E-state index in [1.54, 1.807) is 6.92 Å². The van der Waals surface area contributed by atoms with Gasteiger partial charge in [-0.3, -0.25) is 4.18 Å². The quantitative estimate of drug-likeness (QED) is 0.363. The molecule has 0 aromatic heterocycles. The van der Waals surface area contributed by atoms with E-state index < -0.39 is 16.1 Å². The van der Waals surface area contributed by atoms with Gasteiger partial charge in [-0.2, -0.15) is 8.42 Å². The summed E-state index contributed by atoms with van der Waals surface area (Å²) < 4.78 is 29.7. The van der Waals surface area contributed by atoms with E-state index in [0.717, 1.165) is 12.3 Å². The third-order valence-electron chi connectivity index (χ3n) is 0.919. The Morgan fingerprint density at radius 1 is 1.46 bits per heavy atom. The lowest BCUT2D eigenvalue weighted by Crippen LogP contribution is -2.03. The largest absolute Gasteiger partial charge is 0.463 e. The zero-order valence-corrected chi connectivity index (χ0v) is 8.33. The van der Waals surface area contributed by atoms with E-state index in [2.05, 4.69) is 8.92 Å². The monoisotopic (exact) mass is 208 g/mol. The average molecular weight is 208 g/mol. The molecule has 0 aliphatic heterocycles. The molecule has 76 valence electrons. The number of hydrogen-bond donors (Lipinski definition) is 0. The van der Waals surface area contributed by atoms with Crippen molar-refractivity contribution >= 4 is 16.1 Å². The topological polar surface area (TPSA) is 69.7 Å². The molecule has 0 atom stereocenters. The van der Waals surface area contributed by atoms with Crippen molar-refractivity contribution in [2.24, 2.45) is 0 Å². The maximum atomic E-state index is 10.7. The predicted octanol–water partition coefficient (Wildman–Crippen LogP) is 0.0819. The van der Waals surface area contributed by atoms with Gasteiger partial charge in [0.05, 0.1) is 19.5 Å². The SMILES string of the molecule is CCOC(=O)C=CCOS(C)(=O)=O. The third-order valence-corrected chi connectivity index (χ3v) is 1.48. The number of carbonyl (C=O) groups excluding carboxylic acids is 1. The summed E-state index contributed by atoms with van der Waals surface area (Å²) in [6, 6.07) is 0. The molecule has 0 aliphatic carbocycles. The van der Waals surface area contributed by atoms with Crippen LogP contribution < -0.4 is 0 Å². The van der Waals surface area contributed by atoms with Crippen molar-refractivity contribution in [3.8, 4) is 0 Å². The van der Waals surface area contributed by atoms with Crippen LogP contribution in [0.4, 0.5) is 0 Å². The maximum Gasteiger partial charge on any atom is 0.330 e. The van der Waals surface area contributed by atoms with Crippen LogP contribution in [0.3, 0.4) is 0 Å². The van der Waals surface area contributed by atoms with E-state index >= 15 is 0 Å². The third kappa shape index (κ3) is 9.03. The van der Waals surface area contributed by atoms with Gasteiger partial charge in [0.1, 0.15) is 0 Å². The van der Waals surface area contributed by atoms with Crippen LogP contribution in [0, 0.1) is 0 Å². The molecule has 0 spiro atoms. The van der Waals surface area contributed by atoms with Crippen molar-refractivity contribution in [2.45, 2.75) is 6.92 Å². The molecule has 0 aromatic carbocycles. The minimum Gasteiger partial charge on any atom is -0.463 e. The summed E-state index contributed by atoms with van der Waals surface area (Å²) in [6.45, 7) is 1.81. The Morgan fingerprint density at radius 2 is 2.08 bits per heavy atom. The highest BCUT2D eigenvalue weighted by Gasteiger charge is 1.98. The van der Waals surface area contributed by atoms with Crippen LogP contribution in [0.2, 0.25) is 0 Å². The molecule has 13 heavy (non-hydrogen) atoms. The second-order valence-electron chi connectivity index (χ2n) is 2.14. The summed E-state index contributed by atoms with van der Waals surface area (Å²) >= 11 is 0. The van der Waals surface area contributed by atoms with Crippen LogP contribution in [0.15, 0.2) is 12.2 Å². The van der Waals surface area contributed by atoms with E-state index in [1.807, 2.05) is 0 Å². The lowest BCUT2D eigenvalue weighted by Gasteiger charge is -1.95. The van der Waals surface area contributed by atoms with Gasteiger partial charge in [-0.1, -0.05) is 6.08 Å². The molecule has 0 N–H and O–H groups in total. The molecule has 0 rings (SSSR count). The first-order valence-electron chi connectivity index (χ1n) is 3.63. The van der Waals surface area contributed by atoms with Crippen molar-refractivity contribution in [2.75, 3.05) is 19.5 Å². The van der Waals surface area contributed by atoms with Gasteiger partial charge >= 0.3 is 5.97 Å². The highest BCUT2D eigenvalue weighted by Crippen LogP contribution is 1.87. The first-order chi connectivity index (χ1) is 5.95. The molecule has 0 radical (unpaired) electrons. The van der Waals surface area contributed by atoms with Gasteiger partial charge in [-0.25, -0.2) is 4.79 Å². The molecule has 5 nitrogen and oxygen atoms in total. The molecule has 0 bridgehead atoms. The maximum absolute atomic E-state index is 10.7. The minimum atomic E-state index is -3.44. The molecular weight excluding hydrogens is 196 g/mol. The fourth-order valence-electron chi connectivity index (χ4n) is 0.498. The average Bonchev–Trinajstić information content (AvgIpc) is 1.97. The fourth-order valence-corrected chi connectivity index (χ4v) is 0.823. The first kappa shape index (κ1) is 12.1. The molecule has 0 saturated carbocycles. The van der Waals surface area contributed by atoms with Crippen LogP contribution in [-0.4, -0.2) is 33.9 Å². The smallest absolute Gasteiger partial charge is 0.330 e. The summed E-state index contributed by atoms with van der Waals surface area (Å²) in [4.78, 5) is 10.7. The van der Waals surface area contributed by atoms with Crippen molar-refractivity contribution in [1.29, 1.82) is 0 Å². The number of carbonyl (C=O) groups is 1. The van der Waals surface area contributed by atoms with Gasteiger partial charge in [0.25, 0.3) is 10.1 Å². The molecule has 0 aliphatic rings. The van der Waals surface area contributed by atoms with Crippen molar-refractivity contribution < 1.29 is 22.1 Å². The van der Waals surface area contributed by atoms with Gasteiger partial charge < -0.3 is 4.74 Å². The van der Waals surface area contributed by atoms with Crippen molar-refractivity contribution in [3.63, 3.8) is 0 Å². The Labute approximate surface area is 77.5 Å². The zero-order chi connectivity index (χ0) is 10.3. The van der Waals surface area contributed by atoms with E-state index in [-0.39, 0.29) is 13.2 Å². The van der Waals surface area contributed by atoms with Gasteiger partial charge in [0.15, 0.2) is 0 Å². The second-order valence-corrected chi connectivity index (χ2v) is 3.79. The molecule has 0 unspecified atom stereocenters. The number of rotatable bonds is 5. The summed E-state index contributed by atoms with van der Waals surface area (Å²) in [5.41, 5.74) is 0. The molecule has 0 amide bonds. The lowest BCUT2D eigenvalue weighted by atomic mass is 10.5. The van der Waals surface area contributed by atoms with Crippen LogP contribution in [0.1, 0.15) is 6.92 Å². The normalized spacial score (nSPS) is 11.8. The molecule has 0 fully saturated rings. The summed E-state index contributed by atoms with van der Waals surface area (Å²) in [5, 5.41) is 0. The van der Waals surface area contributed by atoms with E-state index in [9.17, 15) is 13.2 Å². The molecule has 0 heterocycles. The summed E-state index contributed by atoms with van der Waals surface area (Å²) in [7, 11) is -3.44. The Bertz CT molecular complexity index is 277. The van der Waals surface area contributed by atoms with Crippen LogP contribution >= 0.6 is 0 Å². The first-order valence-corrected chi connectivity index (χ1v) is 5.45. The van der Waals surface area contributed by atoms with Crippen LogP contribution in [0.25, 0.3) is 0 Å². The Balaban J connectivity index is 3.70. The molecule has 0 aromatic rings. The van der Waals surface area contributed by atoms with Crippen molar-refractivity contribution in [3.05, 3.63) is 12.2 Å². The zero-order valence-electron chi connectivity index (χ0n) is 7.52. The van der Waals surface area contributed by atoms with E-state index in [4.69, 9.17) is 0 Å². The van der Waals surface area contributed by atoms with E-state index in [1.165, 1.54) is 6.08 Å². The summed E-state index contributed by atoms with van der Waals surface area (Å²) in [6.07, 6.45) is 3.33. The van der Waals surface area contributed by atoms with Crippen molar-refractivity contribution in [1.82, 2.24) is 0 Å². The van der Waals surface area contributed by atoms with Crippen LogP contribution in [0.5, 0.6) is 0 Å². The van der Waals surface area contributed by atoms with Gasteiger partial charge in [0, 0.05) is 6.08 Å². The number of esters is 1. The predicted molar refractivity (Wildman–Crippen MR) is 46.6 cm³/mol. The molecule has 0 saturated heterocycles. The highest BCUT2D eigenvalue weighted by atomic mass is 32.2. The Kier molecular flexibility index (Phi) is 5.33. The fraction of sp³-hybridized carbons (Fsp3) is 0.571. The molecular formula is C7H12O5S. The van der Waals surface area contributed by atoms with Gasteiger partial charge in [-0.15, -0.1) is 0 Å².